The highest BCUT2D eigenvalue weighted by molar-refractivity contribution is 5.70. The van der Waals surface area contributed by atoms with Crippen LogP contribution in [0.3, 0.4) is 0 Å². The van der Waals surface area contributed by atoms with Crippen LogP contribution in [-0.2, 0) is 9.53 Å². The zero-order valence-electron chi connectivity index (χ0n) is 12.9. The number of ether oxygens (including phenoxy) is 1. The van der Waals surface area contributed by atoms with Gasteiger partial charge in [-0.15, -0.1) is 0 Å². The summed E-state index contributed by atoms with van der Waals surface area (Å²) in [5.41, 5.74) is 0. The van der Waals surface area contributed by atoms with E-state index in [9.17, 15) is 9.90 Å². The molecule has 0 amide bonds. The molecule has 0 aromatic heterocycles. The summed E-state index contributed by atoms with van der Waals surface area (Å²) in [4.78, 5) is 13.3. The van der Waals surface area contributed by atoms with Gasteiger partial charge in [-0.25, -0.2) is 0 Å². The smallest absolute Gasteiger partial charge is 0.307 e. The topological polar surface area (TPSA) is 49.8 Å². The average Bonchev–Trinajstić information content (AvgIpc) is 2.36. The molecule has 0 aromatic carbocycles. The van der Waals surface area contributed by atoms with Gasteiger partial charge in [0.2, 0.25) is 0 Å². The Morgan fingerprint density at radius 3 is 2.42 bits per heavy atom. The van der Waals surface area contributed by atoms with Crippen LogP contribution >= 0.6 is 0 Å². The Morgan fingerprint density at radius 1 is 1.16 bits per heavy atom. The summed E-state index contributed by atoms with van der Waals surface area (Å²) in [6.07, 6.45) is 6.12. The van der Waals surface area contributed by atoms with Crippen molar-refractivity contribution in [3.8, 4) is 0 Å². The molecule has 0 saturated heterocycles. The maximum Gasteiger partial charge on any atom is 0.307 e. The fraction of sp³-hybridized carbons (Fsp3) is 0.933. The second-order valence-electron chi connectivity index (χ2n) is 5.26. The molecule has 114 valence electrons. The maximum atomic E-state index is 11.2. The second-order valence-corrected chi connectivity index (χ2v) is 5.26. The summed E-state index contributed by atoms with van der Waals surface area (Å²) < 4.78 is 5.51. The zero-order chi connectivity index (χ0) is 14.5. The summed E-state index contributed by atoms with van der Waals surface area (Å²) in [7, 11) is 1.99. The number of aliphatic carboxylic acids is 1. The van der Waals surface area contributed by atoms with E-state index in [-0.39, 0.29) is 5.92 Å². The van der Waals surface area contributed by atoms with Crippen LogP contribution < -0.4 is 0 Å². The Morgan fingerprint density at radius 2 is 1.84 bits per heavy atom. The molecule has 0 radical (unpaired) electrons. The highest BCUT2D eigenvalue weighted by atomic mass is 16.5. The third-order valence-corrected chi connectivity index (χ3v) is 3.22. The fourth-order valence-corrected chi connectivity index (χ4v) is 2.13. The van der Waals surface area contributed by atoms with Crippen molar-refractivity contribution in [2.24, 2.45) is 5.92 Å². The van der Waals surface area contributed by atoms with Crippen LogP contribution in [0.5, 0.6) is 0 Å². The van der Waals surface area contributed by atoms with Crippen LogP contribution in [-0.4, -0.2) is 49.3 Å². The first-order valence-corrected chi connectivity index (χ1v) is 7.60. The monoisotopic (exact) mass is 273 g/mol. The van der Waals surface area contributed by atoms with Gasteiger partial charge in [0, 0.05) is 19.8 Å². The van der Waals surface area contributed by atoms with Crippen molar-refractivity contribution in [2.45, 2.75) is 52.4 Å². The van der Waals surface area contributed by atoms with Gasteiger partial charge in [0.15, 0.2) is 0 Å². The standard InChI is InChI=1S/C15H31NO3/c1-4-6-7-11-19-12-8-9-14(15(17)18)13-16(3)10-5-2/h14H,4-13H2,1-3H3,(H,17,18). The van der Waals surface area contributed by atoms with Crippen LogP contribution in [0.1, 0.15) is 52.4 Å². The predicted octanol–water partition coefficient (Wildman–Crippen LogP) is 3.02. The quantitative estimate of drug-likeness (QED) is 0.524. The van der Waals surface area contributed by atoms with Gasteiger partial charge in [-0.1, -0.05) is 26.7 Å². The second kappa shape index (κ2) is 12.4. The lowest BCUT2D eigenvalue weighted by Crippen LogP contribution is -2.31. The van der Waals surface area contributed by atoms with Crippen molar-refractivity contribution in [3.63, 3.8) is 0 Å². The molecular formula is C15H31NO3. The third kappa shape index (κ3) is 11.0. The normalized spacial score (nSPS) is 12.8. The minimum absolute atomic E-state index is 0.268. The van der Waals surface area contributed by atoms with Gasteiger partial charge >= 0.3 is 5.97 Å². The Labute approximate surface area is 118 Å². The average molecular weight is 273 g/mol. The molecule has 1 unspecified atom stereocenters. The number of hydrogen-bond donors (Lipinski definition) is 1. The van der Waals surface area contributed by atoms with Crippen LogP contribution in [0.4, 0.5) is 0 Å². The Hall–Kier alpha value is -0.610. The van der Waals surface area contributed by atoms with E-state index < -0.39 is 5.97 Å². The number of rotatable bonds is 13. The molecule has 0 aliphatic rings. The van der Waals surface area contributed by atoms with E-state index >= 15 is 0 Å². The van der Waals surface area contributed by atoms with Gasteiger partial charge in [0.1, 0.15) is 0 Å². The SMILES string of the molecule is CCCCCOCCCC(CN(C)CCC)C(=O)O. The lowest BCUT2D eigenvalue weighted by molar-refractivity contribution is -0.142. The van der Waals surface area contributed by atoms with Gasteiger partial charge in [-0.3, -0.25) is 4.79 Å². The van der Waals surface area contributed by atoms with Gasteiger partial charge < -0.3 is 14.7 Å². The number of unbranched alkanes of at least 4 members (excludes halogenated alkanes) is 2. The van der Waals surface area contributed by atoms with E-state index in [1.165, 1.54) is 12.8 Å². The summed E-state index contributed by atoms with van der Waals surface area (Å²) >= 11 is 0. The van der Waals surface area contributed by atoms with E-state index in [1.54, 1.807) is 0 Å². The van der Waals surface area contributed by atoms with Crippen LogP contribution in [0.25, 0.3) is 0 Å². The molecule has 0 rings (SSSR count). The first kappa shape index (κ1) is 18.4. The van der Waals surface area contributed by atoms with E-state index in [4.69, 9.17) is 4.74 Å². The number of carbonyl (C=O) groups is 1. The molecule has 0 saturated carbocycles. The molecule has 0 bridgehead atoms. The lowest BCUT2D eigenvalue weighted by atomic mass is 10.0. The largest absolute Gasteiger partial charge is 0.481 e. The molecular weight excluding hydrogens is 242 g/mol. The fourth-order valence-electron chi connectivity index (χ4n) is 2.13. The van der Waals surface area contributed by atoms with Crippen LogP contribution in [0.15, 0.2) is 0 Å². The highest BCUT2D eigenvalue weighted by Crippen LogP contribution is 2.09. The van der Waals surface area contributed by atoms with E-state index in [0.717, 1.165) is 32.4 Å². The molecule has 1 N–H and O–H groups in total. The maximum absolute atomic E-state index is 11.2. The van der Waals surface area contributed by atoms with E-state index in [0.29, 0.717) is 19.6 Å². The number of carboxylic acid groups (broad SMARTS) is 1. The predicted molar refractivity (Wildman–Crippen MR) is 78.5 cm³/mol. The lowest BCUT2D eigenvalue weighted by Gasteiger charge is -2.20. The summed E-state index contributed by atoms with van der Waals surface area (Å²) in [5.74, 6) is -0.954. The molecule has 0 aliphatic carbocycles. The van der Waals surface area contributed by atoms with Crippen molar-refractivity contribution in [1.29, 1.82) is 0 Å². The molecule has 0 heterocycles. The molecule has 4 heteroatoms. The molecule has 0 spiro atoms. The summed E-state index contributed by atoms with van der Waals surface area (Å²) in [6, 6.07) is 0. The summed E-state index contributed by atoms with van der Waals surface area (Å²) in [5, 5.41) is 9.20. The molecule has 19 heavy (non-hydrogen) atoms. The number of nitrogens with zero attached hydrogens (tertiary/aromatic N) is 1. The molecule has 1 atom stereocenters. The molecule has 0 fully saturated rings. The highest BCUT2D eigenvalue weighted by Gasteiger charge is 2.18. The van der Waals surface area contributed by atoms with Crippen molar-refractivity contribution in [2.75, 3.05) is 33.4 Å². The van der Waals surface area contributed by atoms with Crippen molar-refractivity contribution in [1.82, 2.24) is 4.90 Å². The van der Waals surface area contributed by atoms with Crippen molar-refractivity contribution < 1.29 is 14.6 Å². The first-order chi connectivity index (χ1) is 9.11. The van der Waals surface area contributed by atoms with Gasteiger partial charge in [-0.2, -0.15) is 0 Å². The molecule has 4 nitrogen and oxygen atoms in total. The number of hydrogen-bond acceptors (Lipinski definition) is 3. The van der Waals surface area contributed by atoms with Gasteiger partial charge in [0.25, 0.3) is 0 Å². The van der Waals surface area contributed by atoms with E-state index in [2.05, 4.69) is 18.7 Å². The molecule has 0 aromatic rings. The van der Waals surface area contributed by atoms with Gasteiger partial charge in [0.05, 0.1) is 5.92 Å². The van der Waals surface area contributed by atoms with Crippen molar-refractivity contribution >= 4 is 5.97 Å². The Kier molecular flexibility index (Phi) is 12.0. The Balaban J connectivity index is 3.68. The minimum atomic E-state index is -0.686. The first-order valence-electron chi connectivity index (χ1n) is 7.60. The summed E-state index contributed by atoms with van der Waals surface area (Å²) in [6.45, 7) is 7.36. The number of carboxylic acids is 1. The minimum Gasteiger partial charge on any atom is -0.481 e. The van der Waals surface area contributed by atoms with Crippen molar-refractivity contribution in [3.05, 3.63) is 0 Å². The van der Waals surface area contributed by atoms with Gasteiger partial charge in [-0.05, 0) is 39.3 Å². The van der Waals surface area contributed by atoms with Crippen LogP contribution in [0, 0.1) is 5.92 Å². The molecule has 0 aliphatic heterocycles. The zero-order valence-corrected chi connectivity index (χ0v) is 12.9. The van der Waals surface area contributed by atoms with E-state index in [1.807, 2.05) is 7.05 Å². The Bertz CT molecular complexity index is 221. The van der Waals surface area contributed by atoms with Crippen LogP contribution in [0.2, 0.25) is 0 Å². The third-order valence-electron chi connectivity index (χ3n) is 3.22.